The van der Waals surface area contributed by atoms with Crippen molar-refractivity contribution in [3.8, 4) is 28.7 Å². The van der Waals surface area contributed by atoms with Gasteiger partial charge in [-0.3, -0.25) is 9.59 Å². The van der Waals surface area contributed by atoms with Gasteiger partial charge in [0.2, 0.25) is 12.5 Å². The molecule has 1 aliphatic heterocycles. The zero-order valence-corrected chi connectivity index (χ0v) is 20.7. The zero-order chi connectivity index (χ0) is 25.2. The molecule has 0 unspecified atom stereocenters. The van der Waals surface area contributed by atoms with Gasteiger partial charge in [0, 0.05) is 11.5 Å². The van der Waals surface area contributed by atoms with Gasteiger partial charge in [-0.25, -0.2) is 0 Å². The number of benzene rings is 2. The largest absolute Gasteiger partial charge is 0.493 e. The van der Waals surface area contributed by atoms with Gasteiger partial charge in [0.15, 0.2) is 28.8 Å². The SMILES string of the molecule is COC(=O)[C@H]1[C@H](c2cc(OC)c(OC)c(OC)c2)c2cc3c(cc2C(=O)[C@]12C[C@@H]1C=C[C@@H]2C1)OCO3. The maximum absolute atomic E-state index is 14.4. The third kappa shape index (κ3) is 2.93. The Kier molecular flexibility index (Phi) is 5.17. The molecule has 4 aliphatic rings. The van der Waals surface area contributed by atoms with E-state index < -0.39 is 23.2 Å². The lowest BCUT2D eigenvalue weighted by atomic mass is 9.53. The predicted octanol–water partition coefficient (Wildman–Crippen LogP) is 4.14. The van der Waals surface area contributed by atoms with Crippen molar-refractivity contribution < 1.29 is 38.0 Å². The second-order valence-electron chi connectivity index (χ2n) is 9.79. The van der Waals surface area contributed by atoms with Crippen molar-refractivity contribution >= 4 is 11.8 Å². The summed E-state index contributed by atoms with van der Waals surface area (Å²) in [6.45, 7) is 0.0836. The summed E-state index contributed by atoms with van der Waals surface area (Å²) < 4.78 is 33.5. The van der Waals surface area contributed by atoms with Crippen LogP contribution in [0.5, 0.6) is 28.7 Å². The van der Waals surface area contributed by atoms with Crippen molar-refractivity contribution in [1.82, 2.24) is 0 Å². The Labute approximate surface area is 209 Å². The standard InChI is InChI=1S/C28H28O8/c1-31-21-8-15(9-22(32-2)25(21)33-3)23-17-10-19-20(36-13-35-19)11-18(17)26(29)28(24(23)27(30)34-4)12-14-5-6-16(28)7-14/h5-6,8-11,14,16,23-24H,7,12-13H2,1-4H3/t14-,16-,23-,24-,28+/m1/s1. The van der Waals surface area contributed by atoms with Crippen molar-refractivity contribution in [3.05, 3.63) is 53.1 Å². The lowest BCUT2D eigenvalue weighted by Crippen LogP contribution is -2.52. The second kappa shape index (κ2) is 8.18. The average Bonchev–Trinajstić information content (AvgIpc) is 3.65. The number of fused-ring (bicyclic) bond motifs is 5. The molecule has 1 fully saturated rings. The van der Waals surface area contributed by atoms with Crippen LogP contribution in [0.4, 0.5) is 0 Å². The summed E-state index contributed by atoms with van der Waals surface area (Å²) in [5, 5.41) is 0. The van der Waals surface area contributed by atoms with E-state index in [4.69, 9.17) is 28.4 Å². The van der Waals surface area contributed by atoms with E-state index in [-0.39, 0.29) is 24.4 Å². The van der Waals surface area contributed by atoms with Gasteiger partial charge in [-0.05, 0) is 60.1 Å². The number of methoxy groups -OCH3 is 4. The van der Waals surface area contributed by atoms with Gasteiger partial charge in [0.05, 0.1) is 39.8 Å². The molecule has 2 bridgehead atoms. The summed E-state index contributed by atoms with van der Waals surface area (Å²) in [4.78, 5) is 28.0. The van der Waals surface area contributed by atoms with E-state index in [2.05, 4.69) is 12.2 Å². The molecule has 0 saturated heterocycles. The highest BCUT2D eigenvalue weighted by Crippen LogP contribution is 2.65. The molecule has 1 spiro atoms. The molecule has 188 valence electrons. The summed E-state index contributed by atoms with van der Waals surface area (Å²) in [5.74, 6) is 0.971. The van der Waals surface area contributed by atoms with Crippen LogP contribution in [0.15, 0.2) is 36.4 Å². The highest BCUT2D eigenvalue weighted by molar-refractivity contribution is 6.08. The number of rotatable bonds is 5. The molecule has 0 aromatic heterocycles. The van der Waals surface area contributed by atoms with Crippen molar-refractivity contribution in [1.29, 1.82) is 0 Å². The Hall–Kier alpha value is -3.68. The second-order valence-corrected chi connectivity index (χ2v) is 9.79. The minimum Gasteiger partial charge on any atom is -0.493 e. The van der Waals surface area contributed by atoms with Crippen LogP contribution in [0.25, 0.3) is 0 Å². The monoisotopic (exact) mass is 492 g/mol. The molecule has 8 heteroatoms. The van der Waals surface area contributed by atoms with E-state index in [0.29, 0.717) is 46.3 Å². The van der Waals surface area contributed by atoms with Gasteiger partial charge in [-0.1, -0.05) is 12.2 Å². The number of carbonyl (C=O) groups excluding carboxylic acids is 2. The minimum atomic E-state index is -0.918. The van der Waals surface area contributed by atoms with Crippen molar-refractivity contribution in [2.24, 2.45) is 23.2 Å². The molecular weight excluding hydrogens is 464 g/mol. The van der Waals surface area contributed by atoms with Gasteiger partial charge in [0.25, 0.3) is 0 Å². The Morgan fingerprint density at radius 3 is 2.19 bits per heavy atom. The highest BCUT2D eigenvalue weighted by atomic mass is 16.7. The molecule has 3 aliphatic carbocycles. The lowest BCUT2D eigenvalue weighted by molar-refractivity contribution is -0.151. The molecule has 0 radical (unpaired) electrons. The highest BCUT2D eigenvalue weighted by Gasteiger charge is 2.65. The first-order valence-corrected chi connectivity index (χ1v) is 12.0. The first-order valence-electron chi connectivity index (χ1n) is 12.0. The number of hydrogen-bond donors (Lipinski definition) is 0. The number of esters is 1. The normalized spacial score (nSPS) is 28.8. The van der Waals surface area contributed by atoms with Crippen LogP contribution >= 0.6 is 0 Å². The number of allylic oxidation sites excluding steroid dienone is 2. The maximum Gasteiger partial charge on any atom is 0.310 e. The van der Waals surface area contributed by atoms with Crippen LogP contribution in [0.1, 0.15) is 40.2 Å². The fourth-order valence-corrected chi connectivity index (χ4v) is 6.92. The Bertz CT molecular complexity index is 1270. The van der Waals surface area contributed by atoms with Gasteiger partial charge >= 0.3 is 5.97 Å². The van der Waals surface area contributed by atoms with Gasteiger partial charge < -0.3 is 28.4 Å². The molecule has 2 aromatic carbocycles. The molecule has 0 N–H and O–H groups in total. The molecule has 1 heterocycles. The van der Waals surface area contributed by atoms with Gasteiger partial charge in [-0.15, -0.1) is 0 Å². The van der Waals surface area contributed by atoms with E-state index >= 15 is 0 Å². The predicted molar refractivity (Wildman–Crippen MR) is 128 cm³/mol. The number of ether oxygens (including phenoxy) is 6. The summed E-state index contributed by atoms with van der Waals surface area (Å²) in [6.07, 6.45) is 5.72. The first kappa shape index (κ1) is 22.8. The summed E-state index contributed by atoms with van der Waals surface area (Å²) >= 11 is 0. The Balaban J connectivity index is 1.66. The van der Waals surface area contributed by atoms with E-state index in [0.717, 1.165) is 12.0 Å². The minimum absolute atomic E-state index is 0.0354. The van der Waals surface area contributed by atoms with Gasteiger partial charge in [0.1, 0.15) is 0 Å². The zero-order valence-electron chi connectivity index (χ0n) is 20.7. The fourth-order valence-electron chi connectivity index (χ4n) is 6.92. The number of ketones is 1. The Morgan fingerprint density at radius 1 is 0.944 bits per heavy atom. The lowest BCUT2D eigenvalue weighted by Gasteiger charge is -2.47. The number of carbonyl (C=O) groups is 2. The van der Waals surface area contributed by atoms with Crippen molar-refractivity contribution in [2.75, 3.05) is 35.2 Å². The fraction of sp³-hybridized carbons (Fsp3) is 0.429. The van der Waals surface area contributed by atoms with Crippen molar-refractivity contribution in [2.45, 2.75) is 18.8 Å². The first-order chi connectivity index (χ1) is 17.5. The van der Waals surface area contributed by atoms with E-state index in [1.54, 1.807) is 27.4 Å². The van der Waals surface area contributed by atoms with Crippen LogP contribution in [0, 0.1) is 23.2 Å². The third-order valence-corrected chi connectivity index (χ3v) is 8.37. The molecule has 2 aromatic rings. The Morgan fingerprint density at radius 2 is 1.64 bits per heavy atom. The quantitative estimate of drug-likeness (QED) is 0.455. The molecule has 5 atom stereocenters. The van der Waals surface area contributed by atoms with Gasteiger partial charge in [-0.2, -0.15) is 0 Å². The van der Waals surface area contributed by atoms with Crippen LogP contribution < -0.4 is 23.7 Å². The number of hydrogen-bond acceptors (Lipinski definition) is 8. The van der Waals surface area contributed by atoms with Crippen LogP contribution in [0.3, 0.4) is 0 Å². The molecular formula is C28H28O8. The average molecular weight is 493 g/mol. The van der Waals surface area contributed by atoms with Crippen LogP contribution in [0.2, 0.25) is 0 Å². The maximum atomic E-state index is 14.4. The number of Topliss-reactive ketones (excluding diaryl/α,β-unsaturated/α-hetero) is 1. The van der Waals surface area contributed by atoms with Crippen LogP contribution in [-0.4, -0.2) is 47.0 Å². The van der Waals surface area contributed by atoms with Crippen LogP contribution in [-0.2, 0) is 9.53 Å². The molecule has 6 rings (SSSR count). The smallest absolute Gasteiger partial charge is 0.310 e. The summed E-state index contributed by atoms with van der Waals surface area (Å²) in [5.41, 5.74) is 1.10. The summed E-state index contributed by atoms with van der Waals surface area (Å²) in [6, 6.07) is 7.30. The van der Waals surface area contributed by atoms with E-state index in [1.165, 1.54) is 7.11 Å². The molecule has 1 saturated carbocycles. The molecule has 36 heavy (non-hydrogen) atoms. The van der Waals surface area contributed by atoms with E-state index in [9.17, 15) is 9.59 Å². The third-order valence-electron chi connectivity index (χ3n) is 8.37. The molecule has 8 nitrogen and oxygen atoms in total. The summed E-state index contributed by atoms with van der Waals surface area (Å²) in [7, 11) is 6.03. The van der Waals surface area contributed by atoms with E-state index in [1.807, 2.05) is 18.2 Å². The van der Waals surface area contributed by atoms with Crippen molar-refractivity contribution in [3.63, 3.8) is 0 Å². The molecule has 0 amide bonds. The topological polar surface area (TPSA) is 89.5 Å².